The highest BCUT2D eigenvalue weighted by Gasteiger charge is 2.36. The summed E-state index contributed by atoms with van der Waals surface area (Å²) in [7, 11) is 1.50. The Morgan fingerprint density at radius 2 is 1.70 bits per heavy atom. The van der Waals surface area contributed by atoms with E-state index in [2.05, 4.69) is 5.10 Å². The van der Waals surface area contributed by atoms with Crippen molar-refractivity contribution in [2.24, 2.45) is 0 Å². The molecule has 1 heterocycles. The first kappa shape index (κ1) is 15.1. The molecule has 0 spiro atoms. The van der Waals surface area contributed by atoms with Gasteiger partial charge in [0.1, 0.15) is 11.4 Å². The minimum Gasteiger partial charge on any atom is -0.497 e. The number of hydrogen-bond acceptors (Lipinski definition) is 2. The quantitative estimate of drug-likeness (QED) is 0.707. The van der Waals surface area contributed by atoms with Gasteiger partial charge >= 0.3 is 6.18 Å². The first-order valence-electron chi connectivity index (χ1n) is 6.86. The average Bonchev–Trinajstić information content (AvgIpc) is 3.01. The predicted octanol–water partition coefficient (Wildman–Crippen LogP) is 4.57. The van der Waals surface area contributed by atoms with Crippen LogP contribution in [0.1, 0.15) is 5.69 Å². The van der Waals surface area contributed by atoms with Crippen LogP contribution in [-0.4, -0.2) is 16.9 Å². The third-order valence-corrected chi connectivity index (χ3v) is 3.37. The molecule has 3 aromatic rings. The maximum Gasteiger partial charge on any atom is 0.433 e. The minimum atomic E-state index is -4.50. The van der Waals surface area contributed by atoms with Gasteiger partial charge in [0.25, 0.3) is 0 Å². The number of alkyl halides is 3. The molecular formula is C17H13F3N2O. The van der Waals surface area contributed by atoms with Crippen molar-refractivity contribution >= 4 is 0 Å². The fourth-order valence-corrected chi connectivity index (χ4v) is 2.27. The largest absolute Gasteiger partial charge is 0.497 e. The lowest BCUT2D eigenvalue weighted by atomic mass is 10.1. The Balaban J connectivity index is 2.15. The van der Waals surface area contributed by atoms with Gasteiger partial charge in [-0.05, 0) is 30.3 Å². The van der Waals surface area contributed by atoms with Gasteiger partial charge in [0.2, 0.25) is 0 Å². The molecule has 0 bridgehead atoms. The summed E-state index contributed by atoms with van der Waals surface area (Å²) < 4.78 is 46.0. The molecule has 0 saturated carbocycles. The van der Waals surface area contributed by atoms with Gasteiger partial charge in [-0.3, -0.25) is 0 Å². The van der Waals surface area contributed by atoms with Crippen molar-refractivity contribution in [1.29, 1.82) is 0 Å². The molecule has 0 aliphatic carbocycles. The summed E-state index contributed by atoms with van der Waals surface area (Å²) >= 11 is 0. The van der Waals surface area contributed by atoms with Gasteiger partial charge in [-0.1, -0.05) is 30.3 Å². The molecule has 2 aromatic carbocycles. The Bertz CT molecular complexity index is 810. The minimum absolute atomic E-state index is 0.236. The van der Waals surface area contributed by atoms with E-state index < -0.39 is 11.9 Å². The molecule has 0 unspecified atom stereocenters. The van der Waals surface area contributed by atoms with Crippen molar-refractivity contribution in [1.82, 2.24) is 9.78 Å². The number of ether oxygens (including phenoxy) is 1. The van der Waals surface area contributed by atoms with Crippen LogP contribution in [0.25, 0.3) is 16.9 Å². The van der Waals surface area contributed by atoms with Crippen LogP contribution >= 0.6 is 0 Å². The highest BCUT2D eigenvalue weighted by molar-refractivity contribution is 5.62. The Hall–Kier alpha value is -2.76. The second-order valence-electron chi connectivity index (χ2n) is 4.89. The number of hydrogen-bond donors (Lipinski definition) is 0. The second kappa shape index (κ2) is 5.79. The van der Waals surface area contributed by atoms with Crippen LogP contribution in [0, 0.1) is 0 Å². The van der Waals surface area contributed by atoms with E-state index in [0.717, 1.165) is 10.7 Å². The van der Waals surface area contributed by atoms with E-state index in [1.165, 1.54) is 7.11 Å². The summed E-state index contributed by atoms with van der Waals surface area (Å²) in [6, 6.07) is 16.1. The lowest BCUT2D eigenvalue weighted by molar-refractivity contribution is -0.142. The summed E-state index contributed by atoms with van der Waals surface area (Å²) in [4.78, 5) is 0. The maximum atomic E-state index is 13.3. The van der Waals surface area contributed by atoms with Crippen LogP contribution in [0.3, 0.4) is 0 Å². The lowest BCUT2D eigenvalue weighted by Crippen LogP contribution is -2.13. The molecule has 0 radical (unpaired) electrons. The normalized spacial score (nSPS) is 11.5. The van der Waals surface area contributed by atoms with Crippen molar-refractivity contribution in [3.63, 3.8) is 0 Å². The van der Waals surface area contributed by atoms with Crippen LogP contribution in [0.2, 0.25) is 0 Å². The Labute approximate surface area is 130 Å². The fourth-order valence-electron chi connectivity index (χ4n) is 2.27. The van der Waals surface area contributed by atoms with E-state index in [-0.39, 0.29) is 5.69 Å². The third-order valence-electron chi connectivity index (χ3n) is 3.37. The van der Waals surface area contributed by atoms with E-state index in [4.69, 9.17) is 4.74 Å². The van der Waals surface area contributed by atoms with Crippen molar-refractivity contribution in [3.05, 3.63) is 66.4 Å². The zero-order valence-corrected chi connectivity index (χ0v) is 12.2. The van der Waals surface area contributed by atoms with Crippen LogP contribution in [0.4, 0.5) is 13.2 Å². The SMILES string of the molecule is COc1cccc(-c2cc(C(F)(F)F)n(-c3ccccc3)n2)c1. The molecule has 0 fully saturated rings. The predicted molar refractivity (Wildman–Crippen MR) is 80.6 cm³/mol. The number of nitrogens with zero attached hydrogens (tertiary/aromatic N) is 2. The van der Waals surface area contributed by atoms with E-state index >= 15 is 0 Å². The van der Waals surface area contributed by atoms with Gasteiger partial charge in [-0.15, -0.1) is 0 Å². The number of para-hydroxylation sites is 1. The molecule has 0 amide bonds. The summed E-state index contributed by atoms with van der Waals surface area (Å²) in [5, 5.41) is 4.13. The first-order chi connectivity index (χ1) is 11.0. The zero-order chi connectivity index (χ0) is 16.4. The van der Waals surface area contributed by atoms with E-state index in [0.29, 0.717) is 17.0 Å². The molecule has 0 saturated heterocycles. The standard InChI is InChI=1S/C17H13F3N2O/c1-23-14-9-5-6-12(10-14)15-11-16(17(18,19)20)22(21-15)13-7-3-2-4-8-13/h2-11H,1H3. The van der Waals surface area contributed by atoms with E-state index in [1.54, 1.807) is 54.6 Å². The molecule has 0 aliphatic heterocycles. The second-order valence-corrected chi connectivity index (χ2v) is 4.89. The Morgan fingerprint density at radius 1 is 0.957 bits per heavy atom. The van der Waals surface area contributed by atoms with E-state index in [1.807, 2.05) is 0 Å². The lowest BCUT2D eigenvalue weighted by Gasteiger charge is -2.09. The van der Waals surface area contributed by atoms with Crippen LogP contribution in [0.5, 0.6) is 5.75 Å². The highest BCUT2D eigenvalue weighted by atomic mass is 19.4. The number of aromatic nitrogens is 2. The number of halogens is 3. The molecule has 0 atom stereocenters. The van der Waals surface area contributed by atoms with Crippen LogP contribution in [0.15, 0.2) is 60.7 Å². The summed E-state index contributed by atoms with van der Waals surface area (Å²) in [5.41, 5.74) is 0.333. The Kier molecular flexibility index (Phi) is 3.82. The summed E-state index contributed by atoms with van der Waals surface area (Å²) in [6.07, 6.45) is -4.50. The number of methoxy groups -OCH3 is 1. The van der Waals surface area contributed by atoms with Crippen molar-refractivity contribution in [3.8, 4) is 22.7 Å². The van der Waals surface area contributed by atoms with Gasteiger partial charge < -0.3 is 4.74 Å². The van der Waals surface area contributed by atoms with Gasteiger partial charge in [0, 0.05) is 5.56 Å². The third kappa shape index (κ3) is 3.06. The van der Waals surface area contributed by atoms with Crippen molar-refractivity contribution in [2.45, 2.75) is 6.18 Å². The van der Waals surface area contributed by atoms with E-state index in [9.17, 15) is 13.2 Å². The molecule has 118 valence electrons. The molecule has 23 heavy (non-hydrogen) atoms. The number of rotatable bonds is 3. The van der Waals surface area contributed by atoms with Gasteiger partial charge in [-0.25, -0.2) is 4.68 Å². The molecular weight excluding hydrogens is 305 g/mol. The molecule has 3 rings (SSSR count). The van der Waals surface area contributed by atoms with Crippen molar-refractivity contribution < 1.29 is 17.9 Å². The van der Waals surface area contributed by atoms with Crippen molar-refractivity contribution in [2.75, 3.05) is 7.11 Å². The van der Waals surface area contributed by atoms with Gasteiger partial charge in [0.05, 0.1) is 18.5 Å². The van der Waals surface area contributed by atoms with Crippen LogP contribution < -0.4 is 4.74 Å². The fraction of sp³-hybridized carbons (Fsp3) is 0.118. The van der Waals surface area contributed by atoms with Gasteiger partial charge in [0.15, 0.2) is 0 Å². The molecule has 3 nitrogen and oxygen atoms in total. The molecule has 0 N–H and O–H groups in total. The summed E-state index contributed by atoms with van der Waals surface area (Å²) in [6.45, 7) is 0. The van der Waals surface area contributed by atoms with Crippen LogP contribution in [-0.2, 0) is 6.18 Å². The monoisotopic (exact) mass is 318 g/mol. The maximum absolute atomic E-state index is 13.3. The zero-order valence-electron chi connectivity index (χ0n) is 12.2. The topological polar surface area (TPSA) is 27.1 Å². The smallest absolute Gasteiger partial charge is 0.433 e. The average molecular weight is 318 g/mol. The molecule has 6 heteroatoms. The Morgan fingerprint density at radius 3 is 2.35 bits per heavy atom. The molecule has 1 aromatic heterocycles. The molecule has 0 aliphatic rings. The first-order valence-corrected chi connectivity index (χ1v) is 6.86. The summed E-state index contributed by atoms with van der Waals surface area (Å²) in [5.74, 6) is 0.560. The number of benzene rings is 2. The van der Waals surface area contributed by atoms with Gasteiger partial charge in [-0.2, -0.15) is 18.3 Å². The highest BCUT2D eigenvalue weighted by Crippen LogP contribution is 2.34.